The van der Waals surface area contributed by atoms with Gasteiger partial charge >= 0.3 is 6.18 Å². The van der Waals surface area contributed by atoms with E-state index < -0.39 is 30.1 Å². The van der Waals surface area contributed by atoms with Crippen molar-refractivity contribution in [3.8, 4) is 0 Å². The summed E-state index contributed by atoms with van der Waals surface area (Å²) in [7, 11) is 0. The number of hydrogen-bond acceptors (Lipinski definition) is 2. The van der Waals surface area contributed by atoms with Crippen LogP contribution in [0.5, 0.6) is 0 Å². The molecule has 0 aromatic rings. The zero-order valence-electron chi connectivity index (χ0n) is 10.9. The van der Waals surface area contributed by atoms with Crippen molar-refractivity contribution >= 4 is 0 Å². The molecule has 0 amide bonds. The molecule has 0 saturated carbocycles. The van der Waals surface area contributed by atoms with Gasteiger partial charge in [0.25, 0.3) is 0 Å². The van der Waals surface area contributed by atoms with Crippen molar-refractivity contribution < 1.29 is 22.6 Å². The second kappa shape index (κ2) is 3.97. The molecule has 0 aliphatic carbocycles. The molecule has 0 aromatic carbocycles. The number of rotatable bonds is 3. The molecule has 2 nitrogen and oxygen atoms in total. The molecule has 0 radical (unpaired) electrons. The molecule has 2 heterocycles. The normalized spacial score (nSPS) is 39.9. The van der Waals surface area contributed by atoms with Crippen LogP contribution in [0.3, 0.4) is 0 Å². The molecule has 104 valence electrons. The van der Waals surface area contributed by atoms with E-state index in [1.54, 1.807) is 0 Å². The summed E-state index contributed by atoms with van der Waals surface area (Å²) >= 11 is 0. The minimum Gasteiger partial charge on any atom is -0.361 e. The van der Waals surface area contributed by atoms with Crippen molar-refractivity contribution in [2.45, 2.75) is 57.1 Å². The van der Waals surface area contributed by atoms with Crippen LogP contribution in [-0.4, -0.2) is 30.1 Å². The van der Waals surface area contributed by atoms with Crippen molar-refractivity contribution in [1.29, 1.82) is 0 Å². The monoisotopic (exact) mass is 264 g/mol. The summed E-state index contributed by atoms with van der Waals surface area (Å²) < 4.78 is 47.8. The Morgan fingerprint density at radius 2 is 2.06 bits per heavy atom. The fraction of sp³-hybridized carbons (Fsp3) is 0.846. The number of alkyl halides is 3. The molecule has 0 aromatic heterocycles. The van der Waals surface area contributed by atoms with Crippen LogP contribution in [-0.2, 0) is 9.47 Å². The first kappa shape index (κ1) is 13.9. The summed E-state index contributed by atoms with van der Waals surface area (Å²) in [5.74, 6) is 0.186. The van der Waals surface area contributed by atoms with Gasteiger partial charge in [-0.1, -0.05) is 20.4 Å². The maximum absolute atomic E-state index is 12.3. The van der Waals surface area contributed by atoms with E-state index in [0.717, 1.165) is 6.42 Å². The van der Waals surface area contributed by atoms with Gasteiger partial charge in [-0.2, -0.15) is 13.2 Å². The van der Waals surface area contributed by atoms with Gasteiger partial charge in [0.05, 0.1) is 11.2 Å². The molecule has 0 unspecified atom stereocenters. The zero-order chi connectivity index (χ0) is 13.8. The Morgan fingerprint density at radius 3 is 2.50 bits per heavy atom. The Kier molecular flexibility index (Phi) is 3.06. The highest BCUT2D eigenvalue weighted by Crippen LogP contribution is 2.57. The van der Waals surface area contributed by atoms with E-state index >= 15 is 0 Å². The van der Waals surface area contributed by atoms with E-state index in [-0.39, 0.29) is 5.92 Å². The van der Waals surface area contributed by atoms with Gasteiger partial charge in [0.1, 0.15) is 12.7 Å². The van der Waals surface area contributed by atoms with Crippen LogP contribution in [0.4, 0.5) is 13.2 Å². The summed E-state index contributed by atoms with van der Waals surface area (Å²) in [6.07, 6.45) is -3.45. The Balaban J connectivity index is 2.17. The lowest BCUT2D eigenvalue weighted by molar-refractivity contribution is -0.194. The molecule has 2 saturated heterocycles. The van der Waals surface area contributed by atoms with Crippen molar-refractivity contribution in [3.05, 3.63) is 12.2 Å². The van der Waals surface area contributed by atoms with Crippen molar-refractivity contribution in [1.82, 2.24) is 0 Å². The Bertz CT molecular complexity index is 364. The van der Waals surface area contributed by atoms with E-state index in [0.29, 0.717) is 12.0 Å². The molecular formula is C13H19F3O2. The smallest absolute Gasteiger partial charge is 0.361 e. The zero-order valence-corrected chi connectivity index (χ0v) is 10.9. The fourth-order valence-electron chi connectivity index (χ4n) is 3.19. The highest BCUT2D eigenvalue weighted by molar-refractivity contribution is 5.33. The number of ether oxygens (including phenoxy) is 2. The fourth-order valence-corrected chi connectivity index (χ4v) is 3.19. The average Bonchev–Trinajstić information content (AvgIpc) is 2.65. The lowest BCUT2D eigenvalue weighted by Gasteiger charge is -2.34. The van der Waals surface area contributed by atoms with Crippen molar-refractivity contribution in [2.75, 3.05) is 6.61 Å². The summed E-state index contributed by atoms with van der Waals surface area (Å²) in [5, 5.41) is 0. The summed E-state index contributed by atoms with van der Waals surface area (Å²) in [6, 6.07) is 0. The van der Waals surface area contributed by atoms with Crippen LogP contribution in [0.25, 0.3) is 0 Å². The topological polar surface area (TPSA) is 18.5 Å². The molecule has 2 bridgehead atoms. The van der Waals surface area contributed by atoms with Crippen LogP contribution < -0.4 is 0 Å². The predicted molar refractivity (Wildman–Crippen MR) is 61.2 cm³/mol. The lowest BCUT2D eigenvalue weighted by Crippen LogP contribution is -2.42. The third-order valence-electron chi connectivity index (χ3n) is 4.17. The SMILES string of the molecule is C=C1[C@@H](OCC(F)(F)F)[C@]2(C)CC[C@@]1(C(C)C)O2. The van der Waals surface area contributed by atoms with E-state index in [1.807, 2.05) is 20.8 Å². The second-order valence-corrected chi connectivity index (χ2v) is 5.79. The number of fused-ring (bicyclic) bond motifs is 2. The molecule has 0 spiro atoms. The Labute approximate surface area is 105 Å². The molecule has 2 aliphatic heterocycles. The molecule has 2 rings (SSSR count). The van der Waals surface area contributed by atoms with Crippen molar-refractivity contribution in [3.63, 3.8) is 0 Å². The van der Waals surface area contributed by atoms with Gasteiger partial charge in [-0.3, -0.25) is 0 Å². The second-order valence-electron chi connectivity index (χ2n) is 5.79. The van der Waals surface area contributed by atoms with Gasteiger partial charge in [0.15, 0.2) is 0 Å². The van der Waals surface area contributed by atoms with Gasteiger partial charge in [-0.25, -0.2) is 0 Å². The first-order chi connectivity index (χ1) is 8.11. The molecular weight excluding hydrogens is 245 g/mol. The third kappa shape index (κ3) is 1.97. The van der Waals surface area contributed by atoms with Gasteiger partial charge in [-0.15, -0.1) is 0 Å². The molecule has 2 aliphatic rings. The highest BCUT2D eigenvalue weighted by Gasteiger charge is 2.63. The highest BCUT2D eigenvalue weighted by atomic mass is 19.4. The van der Waals surface area contributed by atoms with Gasteiger partial charge in [0, 0.05) is 0 Å². The number of hydrogen-bond donors (Lipinski definition) is 0. The maximum atomic E-state index is 12.3. The molecule has 2 fully saturated rings. The van der Waals surface area contributed by atoms with Crippen LogP contribution >= 0.6 is 0 Å². The Hall–Kier alpha value is -0.550. The minimum atomic E-state index is -4.32. The predicted octanol–water partition coefficient (Wildman–Crippen LogP) is 3.47. The summed E-state index contributed by atoms with van der Waals surface area (Å²) in [6.45, 7) is 8.52. The largest absolute Gasteiger partial charge is 0.411 e. The molecule has 0 N–H and O–H groups in total. The lowest BCUT2D eigenvalue weighted by atomic mass is 9.72. The summed E-state index contributed by atoms with van der Waals surface area (Å²) in [5.41, 5.74) is -0.507. The first-order valence-corrected chi connectivity index (χ1v) is 6.18. The van der Waals surface area contributed by atoms with Crippen molar-refractivity contribution in [2.24, 2.45) is 5.92 Å². The van der Waals surface area contributed by atoms with E-state index in [4.69, 9.17) is 9.47 Å². The third-order valence-corrected chi connectivity index (χ3v) is 4.17. The molecule has 3 atom stereocenters. The minimum absolute atomic E-state index is 0.186. The molecule has 5 heteroatoms. The maximum Gasteiger partial charge on any atom is 0.411 e. The van der Waals surface area contributed by atoms with Crippen LogP contribution in [0.2, 0.25) is 0 Å². The van der Waals surface area contributed by atoms with Gasteiger partial charge < -0.3 is 9.47 Å². The number of halogens is 3. The van der Waals surface area contributed by atoms with Crippen LogP contribution in [0.1, 0.15) is 33.6 Å². The van der Waals surface area contributed by atoms with Gasteiger partial charge in [0.2, 0.25) is 0 Å². The van der Waals surface area contributed by atoms with E-state index in [2.05, 4.69) is 6.58 Å². The Morgan fingerprint density at radius 1 is 1.44 bits per heavy atom. The van der Waals surface area contributed by atoms with E-state index in [9.17, 15) is 13.2 Å². The van der Waals surface area contributed by atoms with Crippen LogP contribution in [0, 0.1) is 5.92 Å². The van der Waals surface area contributed by atoms with Gasteiger partial charge in [-0.05, 0) is 31.3 Å². The first-order valence-electron chi connectivity index (χ1n) is 6.18. The summed E-state index contributed by atoms with van der Waals surface area (Å²) in [4.78, 5) is 0. The van der Waals surface area contributed by atoms with Crippen LogP contribution in [0.15, 0.2) is 12.2 Å². The standard InChI is InChI=1S/C13H19F3O2/c1-8(2)12-6-5-11(4,18-12)10(9(12)3)17-7-13(14,15)16/h8,10H,3,5-7H2,1-2,4H3/t10-,11+,12+/m1/s1. The van der Waals surface area contributed by atoms with E-state index in [1.165, 1.54) is 0 Å². The molecule has 18 heavy (non-hydrogen) atoms. The average molecular weight is 264 g/mol. The quantitative estimate of drug-likeness (QED) is 0.727.